The molecule has 2 aliphatic rings. The quantitative estimate of drug-likeness (QED) is 0.855. The molecule has 1 unspecified atom stereocenters. The van der Waals surface area contributed by atoms with E-state index in [1.165, 1.54) is 12.2 Å². The molecule has 1 amide bonds. The second kappa shape index (κ2) is 8.61. The molecule has 4 heterocycles. The smallest absolute Gasteiger partial charge is 0.255 e. The first-order valence-electron chi connectivity index (χ1n) is 9.44. The number of amides is 1. The van der Waals surface area contributed by atoms with Crippen molar-refractivity contribution in [3.05, 3.63) is 48.4 Å². The summed E-state index contributed by atoms with van der Waals surface area (Å²) in [6.07, 6.45) is 8.10. The summed E-state index contributed by atoms with van der Waals surface area (Å²) in [5, 5.41) is 3.44. The second-order valence-corrected chi connectivity index (χ2v) is 8.08. The molecule has 0 spiro atoms. The first-order valence-corrected chi connectivity index (χ1v) is 10.6. The predicted molar refractivity (Wildman–Crippen MR) is 107 cm³/mol. The Morgan fingerprint density at radius 1 is 1.19 bits per heavy atom. The van der Waals surface area contributed by atoms with Crippen LogP contribution in [0.25, 0.3) is 0 Å². The number of carbonyl (C=O) groups excluding carboxylic acids is 1. The van der Waals surface area contributed by atoms with Crippen LogP contribution in [0.3, 0.4) is 0 Å². The molecule has 4 rings (SSSR count). The minimum absolute atomic E-state index is 0.0466. The molecule has 2 aliphatic heterocycles. The lowest BCUT2D eigenvalue weighted by molar-refractivity contribution is 0.0594. The van der Waals surface area contributed by atoms with E-state index in [4.69, 9.17) is 4.74 Å². The molecule has 2 fully saturated rings. The number of anilines is 1. The largest absolute Gasteiger partial charge is 0.489 e. The molecule has 0 radical (unpaired) electrons. The molecule has 1 N–H and O–H groups in total. The van der Waals surface area contributed by atoms with Crippen molar-refractivity contribution < 1.29 is 9.53 Å². The molecule has 7 heteroatoms. The highest BCUT2D eigenvalue weighted by Crippen LogP contribution is 2.22. The van der Waals surface area contributed by atoms with Gasteiger partial charge < -0.3 is 15.0 Å². The van der Waals surface area contributed by atoms with E-state index in [0.29, 0.717) is 24.7 Å². The minimum Gasteiger partial charge on any atom is -0.489 e. The van der Waals surface area contributed by atoms with Gasteiger partial charge in [0.2, 0.25) is 0 Å². The number of likely N-dealkylation sites (tertiary alicyclic amines) is 1. The van der Waals surface area contributed by atoms with Gasteiger partial charge in [0.1, 0.15) is 17.7 Å². The van der Waals surface area contributed by atoms with Gasteiger partial charge in [0.15, 0.2) is 0 Å². The maximum absolute atomic E-state index is 12.7. The molecule has 0 saturated carbocycles. The molecule has 27 heavy (non-hydrogen) atoms. The average molecular weight is 385 g/mol. The Morgan fingerprint density at radius 3 is 2.74 bits per heavy atom. The summed E-state index contributed by atoms with van der Waals surface area (Å²) in [4.78, 5) is 23.1. The van der Waals surface area contributed by atoms with Gasteiger partial charge in [0.25, 0.3) is 5.91 Å². The normalized spacial score (nSPS) is 20.4. The van der Waals surface area contributed by atoms with E-state index in [9.17, 15) is 4.79 Å². The standard InChI is InChI=1S/C20H24N4O2S/c25-20(15-3-4-19(22-12-15)23-16-7-11-27-14-16)24-9-5-17(6-10-24)26-18-2-1-8-21-13-18/h1-4,8,12-13,16-17H,5-7,9-11,14H2,(H,22,23). The minimum atomic E-state index is 0.0466. The van der Waals surface area contributed by atoms with Gasteiger partial charge in [-0.3, -0.25) is 9.78 Å². The van der Waals surface area contributed by atoms with E-state index in [1.807, 2.05) is 40.9 Å². The van der Waals surface area contributed by atoms with Crippen LogP contribution in [0.2, 0.25) is 0 Å². The summed E-state index contributed by atoms with van der Waals surface area (Å²) in [7, 11) is 0. The topological polar surface area (TPSA) is 67.4 Å². The number of ether oxygens (including phenoxy) is 1. The Balaban J connectivity index is 1.28. The van der Waals surface area contributed by atoms with E-state index < -0.39 is 0 Å². The molecule has 0 aliphatic carbocycles. The van der Waals surface area contributed by atoms with Gasteiger partial charge in [0.05, 0.1) is 11.8 Å². The number of piperidine rings is 1. The Labute approximate surface area is 163 Å². The molecular weight excluding hydrogens is 360 g/mol. The van der Waals surface area contributed by atoms with E-state index in [2.05, 4.69) is 15.3 Å². The fourth-order valence-electron chi connectivity index (χ4n) is 3.43. The Bertz CT molecular complexity index is 742. The van der Waals surface area contributed by atoms with Crippen LogP contribution < -0.4 is 10.1 Å². The SMILES string of the molecule is O=C(c1ccc(NC2CCSC2)nc1)N1CCC(Oc2cccnc2)CC1. The zero-order chi connectivity index (χ0) is 18.5. The first-order chi connectivity index (χ1) is 13.3. The number of hydrogen-bond donors (Lipinski definition) is 1. The van der Waals surface area contributed by atoms with E-state index >= 15 is 0 Å². The second-order valence-electron chi connectivity index (χ2n) is 6.94. The van der Waals surface area contributed by atoms with Gasteiger partial charge >= 0.3 is 0 Å². The summed E-state index contributed by atoms with van der Waals surface area (Å²) in [5.74, 6) is 4.01. The summed E-state index contributed by atoms with van der Waals surface area (Å²) in [5.41, 5.74) is 0.646. The maximum Gasteiger partial charge on any atom is 0.255 e. The van der Waals surface area contributed by atoms with Crippen LogP contribution in [0.1, 0.15) is 29.6 Å². The molecule has 0 bridgehead atoms. The van der Waals surface area contributed by atoms with Crippen molar-refractivity contribution in [2.24, 2.45) is 0 Å². The third-order valence-corrected chi connectivity index (χ3v) is 6.12. The lowest BCUT2D eigenvalue weighted by atomic mass is 10.1. The van der Waals surface area contributed by atoms with Crippen molar-refractivity contribution in [3.63, 3.8) is 0 Å². The van der Waals surface area contributed by atoms with Crippen LogP contribution >= 0.6 is 11.8 Å². The van der Waals surface area contributed by atoms with Gasteiger partial charge in [-0.2, -0.15) is 11.8 Å². The molecule has 142 valence electrons. The number of rotatable bonds is 5. The van der Waals surface area contributed by atoms with Crippen molar-refractivity contribution in [2.75, 3.05) is 29.9 Å². The van der Waals surface area contributed by atoms with E-state index in [-0.39, 0.29) is 12.0 Å². The van der Waals surface area contributed by atoms with Crippen LogP contribution in [0, 0.1) is 0 Å². The van der Waals surface area contributed by atoms with Crippen molar-refractivity contribution in [1.29, 1.82) is 0 Å². The van der Waals surface area contributed by atoms with Crippen molar-refractivity contribution in [1.82, 2.24) is 14.9 Å². The van der Waals surface area contributed by atoms with Crippen LogP contribution in [0.15, 0.2) is 42.9 Å². The van der Waals surface area contributed by atoms with Gasteiger partial charge in [-0.1, -0.05) is 0 Å². The molecule has 2 aromatic heterocycles. The highest BCUT2D eigenvalue weighted by atomic mass is 32.2. The van der Waals surface area contributed by atoms with Gasteiger partial charge in [-0.05, 0) is 36.4 Å². The highest BCUT2D eigenvalue weighted by Gasteiger charge is 2.25. The lowest BCUT2D eigenvalue weighted by Crippen LogP contribution is -2.41. The molecule has 1 atom stereocenters. The van der Waals surface area contributed by atoms with Crippen molar-refractivity contribution in [2.45, 2.75) is 31.4 Å². The number of hydrogen-bond acceptors (Lipinski definition) is 6. The number of nitrogens with zero attached hydrogens (tertiary/aromatic N) is 3. The fourth-order valence-corrected chi connectivity index (χ4v) is 4.58. The van der Waals surface area contributed by atoms with Gasteiger partial charge in [-0.25, -0.2) is 4.98 Å². The Morgan fingerprint density at radius 2 is 2.07 bits per heavy atom. The molecule has 0 aromatic carbocycles. The fraction of sp³-hybridized carbons (Fsp3) is 0.450. The Hall–Kier alpha value is -2.28. The van der Waals surface area contributed by atoms with Crippen LogP contribution in [-0.4, -0.2) is 57.5 Å². The van der Waals surface area contributed by atoms with Crippen molar-refractivity contribution >= 4 is 23.5 Å². The molecule has 6 nitrogen and oxygen atoms in total. The number of aromatic nitrogens is 2. The van der Waals surface area contributed by atoms with Gasteiger partial charge in [-0.15, -0.1) is 0 Å². The first kappa shape index (κ1) is 18.1. The van der Waals surface area contributed by atoms with Gasteiger partial charge in [0, 0.05) is 50.1 Å². The number of thioether (sulfide) groups is 1. The highest BCUT2D eigenvalue weighted by molar-refractivity contribution is 7.99. The monoisotopic (exact) mass is 384 g/mol. The zero-order valence-corrected chi connectivity index (χ0v) is 16.0. The van der Waals surface area contributed by atoms with Crippen molar-refractivity contribution in [3.8, 4) is 5.75 Å². The number of carbonyl (C=O) groups is 1. The third-order valence-electron chi connectivity index (χ3n) is 4.96. The summed E-state index contributed by atoms with van der Waals surface area (Å²) in [6.45, 7) is 1.39. The molecule has 2 saturated heterocycles. The summed E-state index contributed by atoms with van der Waals surface area (Å²) >= 11 is 1.96. The maximum atomic E-state index is 12.7. The molecule has 2 aromatic rings. The third kappa shape index (κ3) is 4.71. The zero-order valence-electron chi connectivity index (χ0n) is 15.2. The Kier molecular flexibility index (Phi) is 5.77. The summed E-state index contributed by atoms with van der Waals surface area (Å²) in [6, 6.07) is 8.05. The number of pyridine rings is 2. The molecular formula is C20H24N4O2S. The van der Waals surface area contributed by atoms with Crippen LogP contribution in [0.4, 0.5) is 5.82 Å². The number of nitrogens with one attached hydrogen (secondary N) is 1. The van der Waals surface area contributed by atoms with Crippen LogP contribution in [-0.2, 0) is 0 Å². The van der Waals surface area contributed by atoms with E-state index in [0.717, 1.165) is 30.2 Å². The summed E-state index contributed by atoms with van der Waals surface area (Å²) < 4.78 is 5.95. The average Bonchev–Trinajstić information content (AvgIpc) is 3.22. The van der Waals surface area contributed by atoms with Crippen LogP contribution in [0.5, 0.6) is 5.75 Å². The van der Waals surface area contributed by atoms with E-state index in [1.54, 1.807) is 18.6 Å². The predicted octanol–water partition coefficient (Wildman–Crippen LogP) is 3.08. The lowest BCUT2D eigenvalue weighted by Gasteiger charge is -2.32.